The summed E-state index contributed by atoms with van der Waals surface area (Å²) in [4.78, 5) is 12.0. The third-order valence-corrected chi connectivity index (χ3v) is 3.77. The Morgan fingerprint density at radius 1 is 1.33 bits per heavy atom. The molecular formula is C14H13N5OS. The second-order valence-corrected chi connectivity index (χ2v) is 5.54. The Kier molecular flexibility index (Phi) is 3.49. The summed E-state index contributed by atoms with van der Waals surface area (Å²) in [5, 5.41) is 13.2. The molecule has 2 aromatic heterocycles. The first-order valence-electron chi connectivity index (χ1n) is 6.24. The van der Waals surface area contributed by atoms with Crippen LogP contribution in [0, 0.1) is 6.92 Å². The van der Waals surface area contributed by atoms with Crippen LogP contribution in [-0.2, 0) is 0 Å². The lowest BCUT2D eigenvalue weighted by molar-refractivity contribution is 0.318. The molecule has 0 saturated heterocycles. The largest absolute Gasteiger partial charge is 0.409 e. The van der Waals surface area contributed by atoms with Crippen molar-refractivity contribution >= 4 is 28.6 Å². The first kappa shape index (κ1) is 13.4. The molecule has 0 aliphatic heterocycles. The van der Waals surface area contributed by atoms with E-state index < -0.39 is 0 Å². The number of imidazole rings is 1. The van der Waals surface area contributed by atoms with E-state index in [1.165, 1.54) is 17.3 Å². The van der Waals surface area contributed by atoms with Crippen molar-refractivity contribution in [2.24, 2.45) is 10.9 Å². The summed E-state index contributed by atoms with van der Waals surface area (Å²) in [5.41, 5.74) is 9.27. The molecule has 6 nitrogen and oxygen atoms in total. The molecular weight excluding hydrogens is 286 g/mol. The molecule has 4 N–H and O–H groups in total. The van der Waals surface area contributed by atoms with Crippen LogP contribution in [0.15, 0.2) is 51.9 Å². The molecule has 0 unspecified atom stereocenters. The van der Waals surface area contributed by atoms with Crippen LogP contribution in [0.4, 0.5) is 0 Å². The fraction of sp³-hybridized carbons (Fsp3) is 0.0714. The van der Waals surface area contributed by atoms with Crippen LogP contribution in [0.25, 0.3) is 11.0 Å². The Balaban J connectivity index is 1.91. The zero-order valence-electron chi connectivity index (χ0n) is 11.2. The van der Waals surface area contributed by atoms with E-state index in [-0.39, 0.29) is 5.84 Å². The molecule has 106 valence electrons. The number of fused-ring (bicyclic) bond motifs is 1. The topological polar surface area (TPSA) is 100 Å². The number of hydrogen-bond donors (Lipinski definition) is 3. The van der Waals surface area contributed by atoms with Crippen molar-refractivity contribution in [1.82, 2.24) is 15.0 Å². The molecule has 21 heavy (non-hydrogen) atoms. The summed E-state index contributed by atoms with van der Waals surface area (Å²) in [5.74, 6) is 0.0551. The van der Waals surface area contributed by atoms with Gasteiger partial charge in [0, 0.05) is 11.8 Å². The third kappa shape index (κ3) is 2.82. The van der Waals surface area contributed by atoms with Gasteiger partial charge in [-0.15, -0.1) is 0 Å². The van der Waals surface area contributed by atoms with E-state index in [4.69, 9.17) is 10.9 Å². The van der Waals surface area contributed by atoms with Gasteiger partial charge in [0.25, 0.3) is 0 Å². The van der Waals surface area contributed by atoms with Gasteiger partial charge in [-0.3, -0.25) is 0 Å². The number of amidine groups is 1. The van der Waals surface area contributed by atoms with Gasteiger partial charge in [-0.1, -0.05) is 11.2 Å². The van der Waals surface area contributed by atoms with E-state index in [0.717, 1.165) is 21.2 Å². The zero-order chi connectivity index (χ0) is 14.8. The van der Waals surface area contributed by atoms with E-state index >= 15 is 0 Å². The van der Waals surface area contributed by atoms with Crippen molar-refractivity contribution in [1.29, 1.82) is 0 Å². The van der Waals surface area contributed by atoms with Crippen molar-refractivity contribution in [2.45, 2.75) is 17.1 Å². The SMILES string of the molecule is Cc1ccc2nc(Sc3cc(C(N)=NO)ccn3)[nH]c2c1. The summed E-state index contributed by atoms with van der Waals surface area (Å²) < 4.78 is 0. The Morgan fingerprint density at radius 2 is 2.19 bits per heavy atom. The van der Waals surface area contributed by atoms with Crippen molar-refractivity contribution in [3.05, 3.63) is 47.7 Å². The molecule has 0 atom stereocenters. The van der Waals surface area contributed by atoms with Gasteiger partial charge in [0.2, 0.25) is 0 Å². The highest BCUT2D eigenvalue weighted by atomic mass is 32.2. The van der Waals surface area contributed by atoms with Gasteiger partial charge in [-0.2, -0.15) is 0 Å². The van der Waals surface area contributed by atoms with Crippen molar-refractivity contribution in [3.8, 4) is 0 Å². The molecule has 0 aliphatic rings. The van der Waals surface area contributed by atoms with Gasteiger partial charge in [-0.05, 0) is 48.5 Å². The number of nitrogens with one attached hydrogen (secondary N) is 1. The fourth-order valence-corrected chi connectivity index (χ4v) is 2.73. The number of nitrogens with two attached hydrogens (primary N) is 1. The minimum absolute atomic E-state index is 0.0551. The molecule has 0 bridgehead atoms. The minimum Gasteiger partial charge on any atom is -0.409 e. The maximum Gasteiger partial charge on any atom is 0.172 e. The van der Waals surface area contributed by atoms with Gasteiger partial charge in [0.05, 0.1) is 11.0 Å². The number of benzene rings is 1. The van der Waals surface area contributed by atoms with Crippen LogP contribution >= 0.6 is 11.8 Å². The van der Waals surface area contributed by atoms with Crippen LogP contribution < -0.4 is 5.73 Å². The second kappa shape index (κ2) is 5.45. The number of aromatic nitrogens is 3. The number of aromatic amines is 1. The molecule has 0 amide bonds. The lowest BCUT2D eigenvalue weighted by Gasteiger charge is -2.01. The van der Waals surface area contributed by atoms with Gasteiger partial charge in [0.1, 0.15) is 5.03 Å². The van der Waals surface area contributed by atoms with Crippen LogP contribution in [0.2, 0.25) is 0 Å². The number of H-pyrrole nitrogens is 1. The molecule has 1 aromatic carbocycles. The minimum atomic E-state index is 0.0551. The standard InChI is InChI=1S/C14H13N5OS/c1-8-2-3-10-11(6-8)18-14(17-10)21-12-7-9(4-5-16-12)13(15)19-20/h2-7,20H,1H3,(H2,15,19)(H,17,18). The Labute approximate surface area is 125 Å². The normalized spacial score (nSPS) is 12.0. The number of aryl methyl sites for hydroxylation is 1. The molecule has 3 rings (SSSR count). The quantitative estimate of drug-likeness (QED) is 0.298. The molecule has 2 heterocycles. The Bertz CT molecular complexity index is 827. The number of oxime groups is 1. The van der Waals surface area contributed by atoms with E-state index in [2.05, 4.69) is 20.1 Å². The van der Waals surface area contributed by atoms with E-state index in [0.29, 0.717) is 5.56 Å². The summed E-state index contributed by atoms with van der Waals surface area (Å²) in [6.07, 6.45) is 1.61. The molecule has 0 aliphatic carbocycles. The second-order valence-electron chi connectivity index (χ2n) is 4.53. The number of hydrogen-bond acceptors (Lipinski definition) is 5. The average Bonchev–Trinajstić information content (AvgIpc) is 2.88. The third-order valence-electron chi connectivity index (χ3n) is 2.96. The van der Waals surface area contributed by atoms with Gasteiger partial charge < -0.3 is 15.9 Å². The average molecular weight is 299 g/mol. The van der Waals surface area contributed by atoms with Gasteiger partial charge in [-0.25, -0.2) is 9.97 Å². The highest BCUT2D eigenvalue weighted by molar-refractivity contribution is 7.99. The Hall–Kier alpha value is -2.54. The maximum absolute atomic E-state index is 8.71. The summed E-state index contributed by atoms with van der Waals surface area (Å²) in [7, 11) is 0. The maximum atomic E-state index is 8.71. The number of nitrogens with zero attached hydrogens (tertiary/aromatic N) is 3. The molecule has 7 heteroatoms. The van der Waals surface area contributed by atoms with Crippen LogP contribution in [-0.4, -0.2) is 26.0 Å². The van der Waals surface area contributed by atoms with Crippen LogP contribution in [0.3, 0.4) is 0 Å². The predicted octanol–water partition coefficient (Wildman–Crippen LogP) is 2.51. The monoisotopic (exact) mass is 299 g/mol. The predicted molar refractivity (Wildman–Crippen MR) is 81.7 cm³/mol. The van der Waals surface area contributed by atoms with Crippen molar-refractivity contribution in [3.63, 3.8) is 0 Å². The van der Waals surface area contributed by atoms with Crippen molar-refractivity contribution < 1.29 is 5.21 Å². The Morgan fingerprint density at radius 3 is 3.00 bits per heavy atom. The van der Waals surface area contributed by atoms with Crippen LogP contribution in [0.1, 0.15) is 11.1 Å². The van der Waals surface area contributed by atoms with E-state index in [9.17, 15) is 0 Å². The van der Waals surface area contributed by atoms with E-state index in [1.807, 2.05) is 25.1 Å². The molecule has 0 fully saturated rings. The van der Waals surface area contributed by atoms with E-state index in [1.54, 1.807) is 18.3 Å². The fourth-order valence-electron chi connectivity index (χ4n) is 1.93. The van der Waals surface area contributed by atoms with Crippen LogP contribution in [0.5, 0.6) is 0 Å². The van der Waals surface area contributed by atoms with Crippen molar-refractivity contribution in [2.75, 3.05) is 0 Å². The number of rotatable bonds is 3. The van der Waals surface area contributed by atoms with Gasteiger partial charge in [0.15, 0.2) is 11.0 Å². The molecule has 3 aromatic rings. The molecule has 0 radical (unpaired) electrons. The first-order chi connectivity index (χ1) is 10.2. The summed E-state index contributed by atoms with van der Waals surface area (Å²) in [6, 6.07) is 9.48. The molecule has 0 saturated carbocycles. The highest BCUT2D eigenvalue weighted by Gasteiger charge is 2.07. The highest BCUT2D eigenvalue weighted by Crippen LogP contribution is 2.26. The smallest absolute Gasteiger partial charge is 0.172 e. The lowest BCUT2D eigenvalue weighted by Crippen LogP contribution is -2.13. The zero-order valence-corrected chi connectivity index (χ0v) is 12.1. The van der Waals surface area contributed by atoms with Gasteiger partial charge >= 0.3 is 0 Å². The molecule has 0 spiro atoms. The summed E-state index contributed by atoms with van der Waals surface area (Å²) >= 11 is 1.39. The summed E-state index contributed by atoms with van der Waals surface area (Å²) in [6.45, 7) is 2.04. The number of pyridine rings is 1. The first-order valence-corrected chi connectivity index (χ1v) is 7.05. The lowest BCUT2D eigenvalue weighted by atomic mass is 10.2.